The van der Waals surface area contributed by atoms with E-state index in [4.69, 9.17) is 0 Å². The van der Waals surface area contributed by atoms with Crippen molar-refractivity contribution in [2.45, 2.75) is 33.5 Å². The molecular weight excluding hydrogens is 431 g/mol. The van der Waals surface area contributed by atoms with Gasteiger partial charge in [0, 0.05) is 31.0 Å². The number of aryl methyl sites for hydroxylation is 3. The maximum Gasteiger partial charge on any atom is 0.433 e. The molecule has 0 fully saturated rings. The van der Waals surface area contributed by atoms with Gasteiger partial charge in [-0.1, -0.05) is 6.07 Å². The van der Waals surface area contributed by atoms with Crippen molar-refractivity contribution in [1.29, 1.82) is 0 Å². The molecular formula is C24H22F3N5O. The van der Waals surface area contributed by atoms with Crippen LogP contribution in [0.15, 0.2) is 48.7 Å². The number of aromatic nitrogens is 4. The molecule has 1 aromatic carbocycles. The van der Waals surface area contributed by atoms with Gasteiger partial charge in [-0.05, 0) is 68.3 Å². The summed E-state index contributed by atoms with van der Waals surface area (Å²) in [6.07, 6.45) is -2.91. The summed E-state index contributed by atoms with van der Waals surface area (Å²) in [6, 6.07) is 11.5. The second-order valence-electron chi connectivity index (χ2n) is 7.78. The summed E-state index contributed by atoms with van der Waals surface area (Å²) in [7, 11) is 1.71. The van der Waals surface area contributed by atoms with Gasteiger partial charge in [0.05, 0.1) is 16.7 Å². The molecule has 6 nitrogen and oxygen atoms in total. The summed E-state index contributed by atoms with van der Waals surface area (Å²) in [6.45, 7) is 5.99. The van der Waals surface area contributed by atoms with E-state index < -0.39 is 11.9 Å². The van der Waals surface area contributed by atoms with Gasteiger partial charge in [0.25, 0.3) is 5.91 Å². The molecule has 0 radical (unpaired) electrons. The SMILES string of the molecule is CCn1nccc1C(=O)N(C)c1ccc(-c2ccc3nc(C(F)(F)F)cc(C)c3n2)cc1C. The molecule has 9 heteroatoms. The average molecular weight is 453 g/mol. The van der Waals surface area contributed by atoms with Crippen LogP contribution >= 0.6 is 0 Å². The van der Waals surface area contributed by atoms with Crippen LogP contribution in [0.4, 0.5) is 18.9 Å². The predicted octanol–water partition coefficient (Wildman–Crippen LogP) is 5.43. The van der Waals surface area contributed by atoms with Crippen molar-refractivity contribution < 1.29 is 18.0 Å². The molecule has 0 saturated carbocycles. The third-order valence-electron chi connectivity index (χ3n) is 5.53. The lowest BCUT2D eigenvalue weighted by molar-refractivity contribution is -0.141. The summed E-state index contributed by atoms with van der Waals surface area (Å²) in [5.74, 6) is -0.170. The maximum absolute atomic E-state index is 13.1. The summed E-state index contributed by atoms with van der Waals surface area (Å²) in [5.41, 5.74) is 3.58. The van der Waals surface area contributed by atoms with Crippen LogP contribution in [0.1, 0.15) is 34.2 Å². The lowest BCUT2D eigenvalue weighted by atomic mass is 10.0. The van der Waals surface area contributed by atoms with Crippen molar-refractivity contribution in [3.63, 3.8) is 0 Å². The number of hydrogen-bond acceptors (Lipinski definition) is 4. The molecule has 0 unspecified atom stereocenters. The minimum atomic E-state index is -4.51. The zero-order valence-electron chi connectivity index (χ0n) is 18.6. The Labute approximate surface area is 188 Å². The largest absolute Gasteiger partial charge is 0.433 e. The molecule has 0 bridgehead atoms. The summed E-state index contributed by atoms with van der Waals surface area (Å²) < 4.78 is 40.8. The second-order valence-corrected chi connectivity index (χ2v) is 7.78. The van der Waals surface area contributed by atoms with Crippen LogP contribution in [0.25, 0.3) is 22.3 Å². The predicted molar refractivity (Wildman–Crippen MR) is 120 cm³/mol. The summed E-state index contributed by atoms with van der Waals surface area (Å²) in [5, 5.41) is 4.15. The van der Waals surface area contributed by atoms with E-state index in [1.807, 2.05) is 32.0 Å². The highest BCUT2D eigenvalue weighted by atomic mass is 19.4. The molecule has 0 aliphatic carbocycles. The number of halogens is 3. The lowest BCUT2D eigenvalue weighted by Crippen LogP contribution is -2.29. The molecule has 170 valence electrons. The van der Waals surface area contributed by atoms with Gasteiger partial charge in [0.1, 0.15) is 11.4 Å². The van der Waals surface area contributed by atoms with E-state index in [-0.39, 0.29) is 11.4 Å². The summed E-state index contributed by atoms with van der Waals surface area (Å²) >= 11 is 0. The van der Waals surface area contributed by atoms with Crippen LogP contribution in [0, 0.1) is 13.8 Å². The second kappa shape index (κ2) is 8.31. The Morgan fingerprint density at radius 3 is 2.45 bits per heavy atom. The molecule has 0 atom stereocenters. The molecule has 3 aromatic heterocycles. The van der Waals surface area contributed by atoms with Crippen molar-refractivity contribution in [3.8, 4) is 11.3 Å². The smallest absolute Gasteiger partial charge is 0.310 e. The van der Waals surface area contributed by atoms with Gasteiger partial charge >= 0.3 is 6.18 Å². The van der Waals surface area contributed by atoms with Gasteiger partial charge in [0.15, 0.2) is 0 Å². The molecule has 0 aliphatic rings. The van der Waals surface area contributed by atoms with Crippen LogP contribution in [0.2, 0.25) is 0 Å². The first-order chi connectivity index (χ1) is 15.6. The molecule has 1 amide bonds. The topological polar surface area (TPSA) is 63.9 Å². The number of fused-ring (bicyclic) bond motifs is 1. The number of alkyl halides is 3. The number of anilines is 1. The Hall–Kier alpha value is -3.75. The molecule has 0 aliphatic heterocycles. The van der Waals surface area contributed by atoms with E-state index in [1.165, 1.54) is 0 Å². The molecule has 33 heavy (non-hydrogen) atoms. The molecule has 0 N–H and O–H groups in total. The normalized spacial score (nSPS) is 11.7. The highest BCUT2D eigenvalue weighted by Crippen LogP contribution is 2.32. The monoisotopic (exact) mass is 453 g/mol. The van der Waals surface area contributed by atoms with Gasteiger partial charge in [-0.25, -0.2) is 9.97 Å². The third kappa shape index (κ3) is 4.18. The standard InChI is InChI=1S/C24H22F3N5O/c1-5-32-20(10-11-28-32)23(33)31(4)19-9-6-16(12-14(19)2)17-7-8-18-22(30-17)15(3)13-21(29-18)24(25,26)27/h6-13H,5H2,1-4H3. The van der Waals surface area contributed by atoms with E-state index in [2.05, 4.69) is 15.1 Å². The molecule has 0 spiro atoms. The van der Waals surface area contributed by atoms with E-state index in [0.717, 1.165) is 22.9 Å². The Morgan fingerprint density at radius 1 is 1.03 bits per heavy atom. The minimum absolute atomic E-state index is 0.170. The third-order valence-corrected chi connectivity index (χ3v) is 5.53. The quantitative estimate of drug-likeness (QED) is 0.414. The number of nitrogens with zero attached hydrogens (tertiary/aromatic N) is 5. The van der Waals surface area contributed by atoms with Crippen LogP contribution in [0.5, 0.6) is 0 Å². The van der Waals surface area contributed by atoms with Crippen molar-refractivity contribution in [2.24, 2.45) is 0 Å². The fourth-order valence-electron chi connectivity index (χ4n) is 3.81. The molecule has 0 saturated heterocycles. The summed E-state index contributed by atoms with van der Waals surface area (Å²) in [4.78, 5) is 22.8. The van der Waals surface area contributed by atoms with Crippen LogP contribution in [-0.2, 0) is 12.7 Å². The number of pyridine rings is 2. The Morgan fingerprint density at radius 2 is 1.79 bits per heavy atom. The zero-order valence-corrected chi connectivity index (χ0v) is 18.6. The first-order valence-electron chi connectivity index (χ1n) is 10.4. The Bertz CT molecular complexity index is 1360. The van der Waals surface area contributed by atoms with E-state index in [0.29, 0.717) is 29.0 Å². The van der Waals surface area contributed by atoms with Gasteiger partial charge in [-0.2, -0.15) is 18.3 Å². The van der Waals surface area contributed by atoms with Gasteiger partial charge < -0.3 is 4.90 Å². The molecule has 4 aromatic rings. The number of hydrogen-bond donors (Lipinski definition) is 0. The van der Waals surface area contributed by atoms with Gasteiger partial charge in [-0.3, -0.25) is 9.48 Å². The fraction of sp³-hybridized carbons (Fsp3) is 0.250. The lowest BCUT2D eigenvalue weighted by Gasteiger charge is -2.20. The number of amides is 1. The van der Waals surface area contributed by atoms with Crippen molar-refractivity contribution >= 4 is 22.6 Å². The first-order valence-corrected chi connectivity index (χ1v) is 10.4. The maximum atomic E-state index is 13.1. The number of benzene rings is 1. The Kier molecular flexibility index (Phi) is 5.65. The van der Waals surface area contributed by atoms with Crippen molar-refractivity contribution in [2.75, 3.05) is 11.9 Å². The van der Waals surface area contributed by atoms with E-state index in [9.17, 15) is 18.0 Å². The van der Waals surface area contributed by atoms with E-state index >= 15 is 0 Å². The highest BCUT2D eigenvalue weighted by molar-refractivity contribution is 6.05. The number of rotatable bonds is 4. The van der Waals surface area contributed by atoms with Crippen LogP contribution in [0.3, 0.4) is 0 Å². The van der Waals surface area contributed by atoms with Crippen molar-refractivity contribution in [1.82, 2.24) is 19.7 Å². The average Bonchev–Trinajstić information content (AvgIpc) is 3.26. The van der Waals surface area contributed by atoms with Crippen molar-refractivity contribution in [3.05, 3.63) is 71.2 Å². The minimum Gasteiger partial charge on any atom is -0.310 e. The van der Waals surface area contributed by atoms with Gasteiger partial charge in [-0.15, -0.1) is 0 Å². The van der Waals surface area contributed by atoms with Crippen LogP contribution < -0.4 is 4.90 Å². The first kappa shape index (κ1) is 22.4. The van der Waals surface area contributed by atoms with Crippen LogP contribution in [-0.4, -0.2) is 32.7 Å². The number of carbonyl (C=O) groups is 1. The molecule has 3 heterocycles. The highest BCUT2D eigenvalue weighted by Gasteiger charge is 2.33. The van der Waals surface area contributed by atoms with Gasteiger partial charge in [0.2, 0.25) is 0 Å². The molecule has 4 rings (SSSR count). The Balaban J connectivity index is 1.67. The zero-order chi connectivity index (χ0) is 23.9. The number of carbonyl (C=O) groups excluding carboxylic acids is 1. The van der Waals surface area contributed by atoms with E-state index in [1.54, 1.807) is 47.9 Å². The fourth-order valence-corrected chi connectivity index (χ4v) is 3.81.